The maximum atomic E-state index is 14.7. The lowest BCUT2D eigenvalue weighted by Gasteiger charge is -2.29. The Balaban J connectivity index is 1.84. The molecule has 0 N–H and O–H groups in total. The molecule has 0 nitrogen and oxygen atoms in total. The van der Waals surface area contributed by atoms with E-state index >= 15 is 0 Å². The van der Waals surface area contributed by atoms with Crippen LogP contribution in [0.4, 0.5) is 26.3 Å². The second-order valence-electron chi connectivity index (χ2n) is 7.92. The van der Waals surface area contributed by atoms with E-state index in [4.69, 9.17) is 0 Å². The van der Waals surface area contributed by atoms with Gasteiger partial charge in [0.25, 0.3) is 0 Å². The lowest BCUT2D eigenvalue weighted by molar-refractivity contribution is 0.297. The molecule has 2 aromatic carbocycles. The van der Waals surface area contributed by atoms with Gasteiger partial charge in [-0.15, -0.1) is 0 Å². The average molecular weight is 414 g/mol. The molecule has 0 aliphatic heterocycles. The quantitative estimate of drug-likeness (QED) is 0.194. The molecule has 0 atom stereocenters. The molecule has 0 heterocycles. The predicted octanol–water partition coefficient (Wildman–Crippen LogP) is 8.04. The summed E-state index contributed by atoms with van der Waals surface area (Å²) in [5.74, 6) is -8.50. The molecule has 0 amide bonds. The van der Waals surface area contributed by atoms with E-state index in [1.54, 1.807) is 0 Å². The summed E-state index contributed by atoms with van der Waals surface area (Å²) in [4.78, 5) is 0. The van der Waals surface area contributed by atoms with Crippen LogP contribution in [0.25, 0.3) is 11.1 Å². The van der Waals surface area contributed by atoms with E-state index < -0.39 is 46.0 Å². The first kappa shape index (κ1) is 21.7. The highest BCUT2D eigenvalue weighted by atomic mass is 19.2. The van der Waals surface area contributed by atoms with E-state index in [-0.39, 0.29) is 11.5 Å². The Bertz CT molecular complexity index is 845. The third kappa shape index (κ3) is 4.62. The van der Waals surface area contributed by atoms with Gasteiger partial charge >= 0.3 is 0 Å². The lowest BCUT2D eigenvalue weighted by atomic mass is 9.76. The molecule has 1 aliphatic carbocycles. The first-order chi connectivity index (χ1) is 13.8. The molecule has 158 valence electrons. The normalized spacial score (nSPS) is 19.6. The Kier molecular flexibility index (Phi) is 6.91. The van der Waals surface area contributed by atoms with Gasteiger partial charge in [0.1, 0.15) is 5.82 Å². The van der Waals surface area contributed by atoms with Crippen molar-refractivity contribution in [1.29, 1.82) is 0 Å². The van der Waals surface area contributed by atoms with E-state index in [1.807, 2.05) is 0 Å². The van der Waals surface area contributed by atoms with Crippen molar-refractivity contribution in [3.05, 3.63) is 58.7 Å². The zero-order valence-corrected chi connectivity index (χ0v) is 16.3. The molecule has 3 rings (SSSR count). The summed E-state index contributed by atoms with van der Waals surface area (Å²) in [5, 5.41) is 0. The molecule has 1 fully saturated rings. The molecule has 0 bridgehead atoms. The van der Waals surface area contributed by atoms with Crippen molar-refractivity contribution in [1.82, 2.24) is 0 Å². The Morgan fingerprint density at radius 1 is 0.724 bits per heavy atom. The maximum absolute atomic E-state index is 14.7. The summed E-state index contributed by atoms with van der Waals surface area (Å²) in [6, 6.07) is 1.83. The first-order valence-electron chi connectivity index (χ1n) is 10.2. The number of unbranched alkanes of at least 4 members (excludes halogenated alkanes) is 2. The van der Waals surface area contributed by atoms with Gasteiger partial charge in [-0.2, -0.15) is 0 Å². The minimum Gasteiger partial charge on any atom is -0.206 e. The molecule has 1 aliphatic rings. The first-order valence-corrected chi connectivity index (χ1v) is 10.2. The molecule has 1 saturated carbocycles. The molecular formula is C23H24F6. The lowest BCUT2D eigenvalue weighted by Crippen LogP contribution is -2.15. The molecule has 0 unspecified atom stereocenters. The number of benzene rings is 2. The fourth-order valence-electron chi connectivity index (χ4n) is 4.32. The molecular weight excluding hydrogens is 390 g/mol. The van der Waals surface area contributed by atoms with Gasteiger partial charge in [-0.25, -0.2) is 26.3 Å². The molecule has 0 radical (unpaired) electrons. The Labute approximate surface area is 166 Å². The Morgan fingerprint density at radius 3 is 1.93 bits per heavy atom. The van der Waals surface area contributed by atoms with Crippen molar-refractivity contribution in [2.75, 3.05) is 0 Å². The third-order valence-corrected chi connectivity index (χ3v) is 5.96. The maximum Gasteiger partial charge on any atom is 0.194 e. The minimum atomic E-state index is -1.75. The summed E-state index contributed by atoms with van der Waals surface area (Å²) < 4.78 is 84.1. The Hall–Kier alpha value is -1.98. The van der Waals surface area contributed by atoms with Crippen LogP contribution in [-0.4, -0.2) is 0 Å². The van der Waals surface area contributed by atoms with Crippen molar-refractivity contribution in [3.8, 4) is 11.1 Å². The van der Waals surface area contributed by atoms with Crippen LogP contribution >= 0.6 is 0 Å². The van der Waals surface area contributed by atoms with Crippen molar-refractivity contribution in [3.63, 3.8) is 0 Å². The minimum absolute atomic E-state index is 0.0428. The summed E-state index contributed by atoms with van der Waals surface area (Å²) >= 11 is 0. The van der Waals surface area contributed by atoms with E-state index in [2.05, 4.69) is 6.92 Å². The van der Waals surface area contributed by atoms with Crippen LogP contribution in [0.2, 0.25) is 0 Å². The second kappa shape index (κ2) is 9.23. The number of hydrogen-bond acceptors (Lipinski definition) is 0. The monoisotopic (exact) mass is 414 g/mol. The molecule has 6 heteroatoms. The van der Waals surface area contributed by atoms with Gasteiger partial charge < -0.3 is 0 Å². The van der Waals surface area contributed by atoms with Crippen molar-refractivity contribution < 1.29 is 26.3 Å². The van der Waals surface area contributed by atoms with Crippen molar-refractivity contribution in [2.45, 2.75) is 64.2 Å². The zero-order valence-electron chi connectivity index (χ0n) is 16.3. The standard InChI is InChI=1S/C23H24F6/c1-2-3-4-5-13-6-8-14(9-7-13)16-12-17(24)20(23(29)21(16)27)15-10-18(25)22(28)19(26)11-15/h10-14H,2-9H2,1H3. The highest BCUT2D eigenvalue weighted by Crippen LogP contribution is 2.41. The van der Waals surface area contributed by atoms with Gasteiger partial charge in [0.15, 0.2) is 29.1 Å². The van der Waals surface area contributed by atoms with Gasteiger partial charge in [-0.3, -0.25) is 0 Å². The van der Waals surface area contributed by atoms with Crippen LogP contribution in [0.5, 0.6) is 0 Å². The van der Waals surface area contributed by atoms with Crippen LogP contribution < -0.4 is 0 Å². The van der Waals surface area contributed by atoms with Gasteiger partial charge in [0, 0.05) is 0 Å². The van der Waals surface area contributed by atoms with Crippen LogP contribution in [0.1, 0.15) is 69.8 Å². The van der Waals surface area contributed by atoms with E-state index in [1.165, 1.54) is 6.42 Å². The number of rotatable bonds is 6. The third-order valence-electron chi connectivity index (χ3n) is 5.96. The topological polar surface area (TPSA) is 0 Å². The van der Waals surface area contributed by atoms with Crippen LogP contribution in [0.15, 0.2) is 18.2 Å². The predicted molar refractivity (Wildman–Crippen MR) is 100 cm³/mol. The summed E-state index contributed by atoms with van der Waals surface area (Å²) in [7, 11) is 0. The smallest absolute Gasteiger partial charge is 0.194 e. The highest BCUT2D eigenvalue weighted by Gasteiger charge is 2.29. The van der Waals surface area contributed by atoms with Crippen LogP contribution in [0.3, 0.4) is 0 Å². The zero-order chi connectivity index (χ0) is 21.1. The van der Waals surface area contributed by atoms with Crippen molar-refractivity contribution in [2.24, 2.45) is 5.92 Å². The molecule has 0 spiro atoms. The van der Waals surface area contributed by atoms with Crippen molar-refractivity contribution >= 4 is 0 Å². The highest BCUT2D eigenvalue weighted by molar-refractivity contribution is 5.66. The summed E-state index contributed by atoms with van der Waals surface area (Å²) in [6.07, 6.45) is 7.65. The fourth-order valence-corrected chi connectivity index (χ4v) is 4.32. The average Bonchev–Trinajstić information content (AvgIpc) is 2.70. The second-order valence-corrected chi connectivity index (χ2v) is 7.92. The van der Waals surface area contributed by atoms with E-state index in [0.29, 0.717) is 30.9 Å². The van der Waals surface area contributed by atoms with Gasteiger partial charge in [-0.1, -0.05) is 32.6 Å². The van der Waals surface area contributed by atoms with Gasteiger partial charge in [0.05, 0.1) is 5.56 Å². The SMILES string of the molecule is CCCCCC1CCC(c2cc(F)c(-c3cc(F)c(F)c(F)c3)c(F)c2F)CC1. The fraction of sp³-hybridized carbons (Fsp3) is 0.478. The Morgan fingerprint density at radius 2 is 1.34 bits per heavy atom. The van der Waals surface area contributed by atoms with E-state index in [9.17, 15) is 26.3 Å². The number of hydrogen-bond donors (Lipinski definition) is 0. The van der Waals surface area contributed by atoms with Crippen LogP contribution in [0, 0.1) is 40.8 Å². The van der Waals surface area contributed by atoms with Gasteiger partial charge in [-0.05, 0) is 66.8 Å². The largest absolute Gasteiger partial charge is 0.206 e. The molecule has 0 saturated heterocycles. The van der Waals surface area contributed by atoms with E-state index in [0.717, 1.165) is 38.2 Å². The van der Waals surface area contributed by atoms with Gasteiger partial charge in [0.2, 0.25) is 0 Å². The molecule has 2 aromatic rings. The number of halogens is 6. The summed E-state index contributed by atoms with van der Waals surface area (Å²) in [5.41, 5.74) is -1.52. The molecule has 29 heavy (non-hydrogen) atoms. The summed E-state index contributed by atoms with van der Waals surface area (Å²) in [6.45, 7) is 2.14. The molecule has 0 aromatic heterocycles. The van der Waals surface area contributed by atoms with Crippen LogP contribution in [-0.2, 0) is 0 Å².